The number of hydrogen-bond acceptors (Lipinski definition) is 24. The summed E-state index contributed by atoms with van der Waals surface area (Å²) in [7, 11) is 3.92. The number of nitrogens with two attached hydrogens (primary N) is 4. The number of imidazole rings is 1. The van der Waals surface area contributed by atoms with Crippen LogP contribution in [0.1, 0.15) is 125 Å². The zero-order valence-corrected chi connectivity index (χ0v) is 79.9. The second-order valence-corrected chi connectivity index (χ2v) is 36.9. The van der Waals surface area contributed by atoms with Gasteiger partial charge in [-0.1, -0.05) is 86.5 Å². The van der Waals surface area contributed by atoms with E-state index < -0.39 is 260 Å². The number of H-pyrrole nitrogens is 4. The van der Waals surface area contributed by atoms with Gasteiger partial charge in [0.1, 0.15) is 78.3 Å². The Labute approximate surface area is 815 Å². The third kappa shape index (κ3) is 28.4. The number of thioether (sulfide) groups is 1. The van der Waals surface area contributed by atoms with Crippen LogP contribution in [0.2, 0.25) is 0 Å². The van der Waals surface area contributed by atoms with Gasteiger partial charge in [-0.3, -0.25) is 86.3 Å². The number of nitrogens with zero attached hydrogens (tertiary/aromatic N) is 6. The molecule has 0 unspecified atom stereocenters. The third-order valence-corrected chi connectivity index (χ3v) is 26.8. The number of nitrogens with one attached hydrogen (secondary N) is 13. The van der Waals surface area contributed by atoms with Crippen LogP contribution in [0, 0.1) is 5.92 Å². The molecule has 3 aliphatic rings. The molecule has 45 heteroatoms. The minimum atomic E-state index is -1.82. The van der Waals surface area contributed by atoms with Crippen molar-refractivity contribution in [2.24, 2.45) is 28.9 Å². The summed E-state index contributed by atoms with van der Waals surface area (Å²) in [5, 5.41) is 57.8. The first-order valence-electron chi connectivity index (χ1n) is 46.9. The topological polar surface area (TPSA) is 673 Å². The van der Waals surface area contributed by atoms with Gasteiger partial charge in [-0.05, 0) is 124 Å². The molecule has 11 rings (SSSR count). The molecule has 0 aliphatic carbocycles. The predicted molar refractivity (Wildman–Crippen MR) is 517 cm³/mol. The molecule has 15 atom stereocenters. The number of phenolic OH excluding ortho intramolecular Hbond substituents is 1. The number of carbonyl (C=O) groups is 18. The number of para-hydroxylation sites is 3. The van der Waals surface area contributed by atoms with Crippen molar-refractivity contribution in [3.8, 4) is 5.75 Å². The number of fused-ring (bicyclic) bond motifs is 5. The predicted octanol–water partition coefficient (Wildman–Crippen LogP) is -1.65. The van der Waals surface area contributed by atoms with E-state index in [1.165, 1.54) is 69.8 Å². The standard InChI is InChI=1S/C96H125N23O21S/c1-6-7-23-76-96(140)117(5)78(38-57-45-104-66-21-13-10-18-63(57)66)91(135)109-67(22-14-32-97)87(131)114-74(86(130)105-47-81(100)124)49-141-50-82(125)107-71(35-53-25-27-59(120)28-26-53)92(136)115(3)52(2)84(128)112-73(42-80(99)123)95(139)118-34-15-24-75(118)90(134)111-70(40-58-46-101-51-106-58)89(133)110-69(29-30-83(126)127)94(138)119-48-60(121)41-77(119)79(122)39-54(36-55-43-102-64-19-11-8-16-61(55)64)85(129)108-68(31-33-98)88(132)113-72(93(137)116(76)4)37-56-44-103-65-20-12-9-17-62(56)65/h8-13,16-21,25-28,43-46,51-52,54,60,67-78,102-104,120-121H,6-7,14-15,22-24,29-42,47-50,97-98H2,1-5H3,(H2,99,123)(H2,100,124)(H,101,106)(H,105,130)(H,107,125)(H,108,129)(H,109,135)(H,110,133)(H,111,134)(H,112,128)(H,113,132)(H,114,131)(H,126,127)/t52-,54+,60+,67-,68-,69-,70-,71-,72-,73-,74-,75-,76-,77-,78-/m0/s1. The van der Waals surface area contributed by atoms with Gasteiger partial charge in [-0.2, -0.15) is 0 Å². The highest BCUT2D eigenvalue weighted by atomic mass is 32.2. The third-order valence-electron chi connectivity index (χ3n) is 25.8. The van der Waals surface area contributed by atoms with Gasteiger partial charge in [0, 0.05) is 148 Å². The highest BCUT2D eigenvalue weighted by Crippen LogP contribution is 2.31. The summed E-state index contributed by atoms with van der Waals surface area (Å²) in [5.74, 6) is -20.2. The maximum Gasteiger partial charge on any atom is 0.303 e. The van der Waals surface area contributed by atoms with E-state index in [0.717, 1.165) is 31.4 Å². The maximum absolute atomic E-state index is 16.0. The molecule has 0 saturated carbocycles. The van der Waals surface area contributed by atoms with E-state index in [0.29, 0.717) is 67.8 Å². The smallest absolute Gasteiger partial charge is 0.303 e. The van der Waals surface area contributed by atoms with Crippen LogP contribution in [-0.4, -0.2) is 321 Å². The Morgan fingerprint density at radius 1 is 0.518 bits per heavy atom. The van der Waals surface area contributed by atoms with Gasteiger partial charge in [-0.25, -0.2) is 4.98 Å². The number of likely N-dealkylation sites (N-methyl/N-ethyl adjacent to an activating group) is 3. The molecule has 4 aromatic carbocycles. The molecule has 141 heavy (non-hydrogen) atoms. The van der Waals surface area contributed by atoms with Crippen LogP contribution in [0.15, 0.2) is 128 Å². The molecular weight excluding hydrogens is 1840 g/mol. The number of primary amides is 2. The Kier molecular flexibility index (Phi) is 38.1. The van der Waals surface area contributed by atoms with Crippen LogP contribution < -0.4 is 70.8 Å². The quantitative estimate of drug-likeness (QED) is 0.0289. The highest BCUT2D eigenvalue weighted by molar-refractivity contribution is 8.00. The number of phenols is 1. The molecule has 3 saturated heterocycles. The van der Waals surface area contributed by atoms with Crippen molar-refractivity contribution in [1.82, 2.24) is 97.3 Å². The number of aliphatic carboxylic acids is 1. The van der Waals surface area contributed by atoms with E-state index in [1.807, 2.05) is 6.92 Å². The van der Waals surface area contributed by atoms with Gasteiger partial charge < -0.3 is 131 Å². The molecule has 24 N–H and O–H groups in total. The average molecular weight is 1970 g/mol. The number of aromatic hydroxyl groups is 1. The lowest BCUT2D eigenvalue weighted by atomic mass is 9.90. The molecule has 4 aromatic heterocycles. The number of hydrogen-bond donors (Lipinski definition) is 20. The summed E-state index contributed by atoms with van der Waals surface area (Å²) in [4.78, 5) is 287. The number of aromatic amines is 4. The molecule has 3 aliphatic heterocycles. The number of aliphatic hydroxyl groups is 1. The van der Waals surface area contributed by atoms with Crippen molar-refractivity contribution in [2.45, 2.75) is 214 Å². The molecule has 3 fully saturated rings. The molecule has 0 bridgehead atoms. The number of unbranched alkanes of at least 4 members (excludes halogenated alkanes) is 1. The Balaban J connectivity index is 0.972. The first kappa shape index (κ1) is 107. The van der Waals surface area contributed by atoms with E-state index in [4.69, 9.17) is 22.9 Å². The van der Waals surface area contributed by atoms with Gasteiger partial charge in [0.25, 0.3) is 0 Å². The van der Waals surface area contributed by atoms with Gasteiger partial charge in [-0.15, -0.1) is 11.8 Å². The highest BCUT2D eigenvalue weighted by Gasteiger charge is 2.47. The van der Waals surface area contributed by atoms with Crippen LogP contribution in [0.5, 0.6) is 5.75 Å². The van der Waals surface area contributed by atoms with Crippen LogP contribution >= 0.6 is 11.8 Å². The van der Waals surface area contributed by atoms with Crippen molar-refractivity contribution in [1.29, 1.82) is 0 Å². The fourth-order valence-corrected chi connectivity index (χ4v) is 18.8. The fraction of sp³-hybridized carbons (Fsp3) is 0.469. The average Bonchev–Trinajstić information content (AvgIpc) is 1.63. The van der Waals surface area contributed by atoms with Crippen molar-refractivity contribution in [3.63, 3.8) is 0 Å². The normalized spacial score (nSPS) is 24.3. The summed E-state index contributed by atoms with van der Waals surface area (Å²) in [6.45, 7) is 1.39. The van der Waals surface area contributed by atoms with E-state index in [1.54, 1.807) is 91.4 Å². The minimum Gasteiger partial charge on any atom is -0.508 e. The van der Waals surface area contributed by atoms with E-state index in [9.17, 15) is 58.5 Å². The monoisotopic (exact) mass is 1970 g/mol. The fourth-order valence-electron chi connectivity index (χ4n) is 17.9. The van der Waals surface area contributed by atoms with Crippen molar-refractivity contribution in [3.05, 3.63) is 156 Å². The Morgan fingerprint density at radius 3 is 1.67 bits per heavy atom. The number of ketones is 1. The lowest BCUT2D eigenvalue weighted by molar-refractivity contribution is -0.149. The maximum atomic E-state index is 16.0. The number of aromatic nitrogens is 5. The Hall–Kier alpha value is -14.6. The second-order valence-electron chi connectivity index (χ2n) is 35.8. The number of carbonyl (C=O) groups excluding carboxylic acids is 17. The number of amides is 16. The van der Waals surface area contributed by atoms with Crippen LogP contribution in [0.4, 0.5) is 0 Å². The van der Waals surface area contributed by atoms with E-state index >= 15 is 43.2 Å². The Morgan fingerprint density at radius 2 is 1.07 bits per heavy atom. The zero-order valence-electron chi connectivity index (χ0n) is 79.1. The summed E-state index contributed by atoms with van der Waals surface area (Å²) in [6, 6.07) is 6.18. The molecule has 16 amide bonds. The number of benzene rings is 4. The van der Waals surface area contributed by atoms with Gasteiger partial charge in [0.2, 0.25) is 94.5 Å². The second kappa shape index (κ2) is 50.3. The molecule has 8 aromatic rings. The summed E-state index contributed by atoms with van der Waals surface area (Å²) < 4.78 is 0. The van der Waals surface area contributed by atoms with Crippen LogP contribution in [0.25, 0.3) is 32.7 Å². The summed E-state index contributed by atoms with van der Waals surface area (Å²) in [6.07, 6.45) is 1.85. The SMILES string of the molecule is CCCC[C@H]1C(=O)N(C)[C@@H](Cc2c[nH]c3ccccc23)C(=O)N[C@@H](CCCN)C(=O)N[C@H](C(=O)NCC(N)=O)CSCC(=O)N[C@@H](Cc2ccc(O)cc2)C(=O)N(C)[C@@H](C)C(=O)N[C@@H](CC(N)=O)C(=O)N2CCC[C@H]2C(=O)N[C@@H](Cc2c[nH]cn2)C(=O)N[C@@H](CCC(=O)O)C(=O)N2C[C@H](O)C[C@H]2C(=O)C[C@@H](Cc2c[nH]c3ccccc23)C(=O)N[C@@H](CCN)C(=O)N[C@@H](Cc2c[nH]c3ccccc23)C(=O)N1C. The number of carboxylic acid groups (broad SMARTS) is 1. The number of aliphatic hydroxyl groups excluding tert-OH is 1. The number of Topliss-reactive ketones (excluding diaryl/α,β-unsaturated/α-hetero) is 1. The largest absolute Gasteiger partial charge is 0.508 e. The van der Waals surface area contributed by atoms with Crippen molar-refractivity contribution < 1.29 is 102 Å². The van der Waals surface area contributed by atoms with E-state index in [2.05, 4.69) is 72.8 Å². The van der Waals surface area contributed by atoms with E-state index in [-0.39, 0.29) is 95.3 Å². The van der Waals surface area contributed by atoms with Crippen LogP contribution in [0.3, 0.4) is 0 Å². The van der Waals surface area contributed by atoms with Crippen molar-refractivity contribution in [2.75, 3.05) is 65.4 Å². The van der Waals surface area contributed by atoms with Crippen LogP contribution in [-0.2, 0) is 118 Å². The van der Waals surface area contributed by atoms with Gasteiger partial charge in [0.05, 0.1) is 42.9 Å². The number of carboxylic acids is 1. The molecular formula is C96H125N23O21S. The first-order chi connectivity index (χ1) is 67.4. The molecule has 0 radical (unpaired) electrons. The lowest BCUT2D eigenvalue weighted by Gasteiger charge is -2.36. The summed E-state index contributed by atoms with van der Waals surface area (Å²) in [5.41, 5.74) is 27.7. The van der Waals surface area contributed by atoms with Gasteiger partial charge >= 0.3 is 5.97 Å². The lowest BCUT2D eigenvalue weighted by Crippen LogP contribution is -2.61. The minimum absolute atomic E-state index is 0.0242. The van der Waals surface area contributed by atoms with Gasteiger partial charge in [0.15, 0.2) is 5.78 Å². The molecule has 756 valence electrons. The molecule has 0 spiro atoms. The summed E-state index contributed by atoms with van der Waals surface area (Å²) >= 11 is 0.764. The molecule has 7 heterocycles. The Bertz CT molecular complexity index is 5850. The number of rotatable bonds is 26. The molecule has 44 nitrogen and oxygen atoms in total. The van der Waals surface area contributed by atoms with Crippen molar-refractivity contribution >= 4 is 151 Å². The zero-order chi connectivity index (χ0) is 102. The first-order valence-corrected chi connectivity index (χ1v) is 48.1.